The van der Waals surface area contributed by atoms with Gasteiger partial charge in [-0.3, -0.25) is 15.0 Å². The van der Waals surface area contributed by atoms with Crippen LogP contribution in [0.4, 0.5) is 5.69 Å². The Kier molecular flexibility index (Phi) is 5.04. The van der Waals surface area contributed by atoms with Gasteiger partial charge in [0.05, 0.1) is 18.6 Å². The van der Waals surface area contributed by atoms with E-state index in [-0.39, 0.29) is 5.69 Å². The van der Waals surface area contributed by atoms with Crippen LogP contribution in [0.1, 0.15) is 36.0 Å². The summed E-state index contributed by atoms with van der Waals surface area (Å²) in [4.78, 5) is 13.2. The third-order valence-corrected chi connectivity index (χ3v) is 5.45. The second-order valence-corrected chi connectivity index (χ2v) is 7.12. The Morgan fingerprint density at radius 2 is 2.11 bits per heavy atom. The summed E-state index contributed by atoms with van der Waals surface area (Å²) in [5.41, 5.74) is 0.959. The van der Waals surface area contributed by atoms with E-state index in [1.165, 1.54) is 7.11 Å². The monoisotopic (exact) mass is 372 g/mol. The van der Waals surface area contributed by atoms with Gasteiger partial charge in [0.25, 0.3) is 0 Å². The summed E-state index contributed by atoms with van der Waals surface area (Å²) >= 11 is 0. The lowest BCUT2D eigenvalue weighted by Gasteiger charge is -2.32. The van der Waals surface area contributed by atoms with Gasteiger partial charge in [0, 0.05) is 31.6 Å². The van der Waals surface area contributed by atoms with Gasteiger partial charge < -0.3 is 14.6 Å². The number of ether oxygens (including phenoxy) is 1. The topological polar surface area (TPSA) is 98.3 Å². The first kappa shape index (κ1) is 17.9. The van der Waals surface area contributed by atoms with Gasteiger partial charge in [-0.05, 0) is 37.6 Å². The molecule has 1 fully saturated rings. The van der Waals surface area contributed by atoms with Crippen molar-refractivity contribution in [3.63, 3.8) is 0 Å². The summed E-state index contributed by atoms with van der Waals surface area (Å²) in [6.45, 7) is 5.30. The third-order valence-electron chi connectivity index (χ3n) is 5.45. The van der Waals surface area contributed by atoms with Crippen LogP contribution in [-0.2, 0) is 19.6 Å². The molecule has 2 aliphatic rings. The van der Waals surface area contributed by atoms with Crippen molar-refractivity contribution in [1.82, 2.24) is 25.0 Å². The minimum Gasteiger partial charge on any atom is -0.490 e. The van der Waals surface area contributed by atoms with E-state index < -0.39 is 4.92 Å². The smallest absolute Gasteiger partial charge is 0.311 e. The molecule has 144 valence electrons. The quantitative estimate of drug-likeness (QED) is 0.630. The van der Waals surface area contributed by atoms with Crippen LogP contribution in [0, 0.1) is 10.1 Å². The number of nitro benzene ring substituents is 1. The van der Waals surface area contributed by atoms with E-state index in [1.807, 2.05) is 6.07 Å². The highest BCUT2D eigenvalue weighted by Gasteiger charge is 2.27. The number of nitrogens with zero attached hydrogens (tertiary/aromatic N) is 5. The molecule has 1 aromatic heterocycles. The van der Waals surface area contributed by atoms with Crippen molar-refractivity contribution in [1.29, 1.82) is 0 Å². The molecule has 0 unspecified atom stereocenters. The van der Waals surface area contributed by atoms with Crippen LogP contribution in [0.5, 0.6) is 5.75 Å². The van der Waals surface area contributed by atoms with Gasteiger partial charge in [-0.15, -0.1) is 10.2 Å². The highest BCUT2D eigenvalue weighted by Crippen LogP contribution is 2.31. The number of benzene rings is 1. The molecule has 0 atom stereocenters. The summed E-state index contributed by atoms with van der Waals surface area (Å²) in [6, 6.07) is 5.20. The Hall–Kier alpha value is -2.52. The number of fused-ring (bicyclic) bond motifs is 1. The van der Waals surface area contributed by atoms with Gasteiger partial charge in [-0.2, -0.15) is 0 Å². The van der Waals surface area contributed by atoms with Gasteiger partial charge >= 0.3 is 5.69 Å². The van der Waals surface area contributed by atoms with Crippen LogP contribution < -0.4 is 10.1 Å². The number of piperidine rings is 1. The number of hydrogen-bond donors (Lipinski definition) is 1. The second kappa shape index (κ2) is 7.61. The van der Waals surface area contributed by atoms with Crippen molar-refractivity contribution < 1.29 is 9.66 Å². The molecular formula is C18H24N6O3. The molecule has 1 saturated heterocycles. The summed E-state index contributed by atoms with van der Waals surface area (Å²) < 4.78 is 7.35. The number of nitro groups is 1. The Morgan fingerprint density at radius 1 is 1.30 bits per heavy atom. The summed E-state index contributed by atoms with van der Waals surface area (Å²) in [7, 11) is 1.45. The van der Waals surface area contributed by atoms with Crippen LogP contribution in [0.15, 0.2) is 18.2 Å². The van der Waals surface area contributed by atoms with Crippen molar-refractivity contribution in [3.8, 4) is 5.75 Å². The van der Waals surface area contributed by atoms with Crippen LogP contribution in [-0.4, -0.2) is 51.3 Å². The molecule has 0 amide bonds. The number of aromatic nitrogens is 3. The highest BCUT2D eigenvalue weighted by molar-refractivity contribution is 5.48. The van der Waals surface area contributed by atoms with E-state index in [9.17, 15) is 10.1 Å². The van der Waals surface area contributed by atoms with Crippen molar-refractivity contribution >= 4 is 5.69 Å². The van der Waals surface area contributed by atoms with E-state index in [4.69, 9.17) is 4.74 Å². The third kappa shape index (κ3) is 3.65. The SMILES string of the molecule is COc1ccc(CN2CCC(c3nnc4n3CCNC4)CC2)cc1[N+](=O)[O-]. The first-order valence-corrected chi connectivity index (χ1v) is 9.32. The maximum Gasteiger partial charge on any atom is 0.311 e. The minimum atomic E-state index is -0.391. The van der Waals surface area contributed by atoms with Crippen molar-refractivity contribution in [2.24, 2.45) is 0 Å². The lowest BCUT2D eigenvalue weighted by Crippen LogP contribution is -2.34. The summed E-state index contributed by atoms with van der Waals surface area (Å²) in [5.74, 6) is 2.88. The zero-order valence-corrected chi connectivity index (χ0v) is 15.4. The van der Waals surface area contributed by atoms with Gasteiger partial charge in [-0.1, -0.05) is 6.07 Å². The van der Waals surface area contributed by atoms with Crippen molar-refractivity contribution in [3.05, 3.63) is 45.5 Å². The minimum absolute atomic E-state index is 0.0218. The fourth-order valence-corrected chi connectivity index (χ4v) is 4.00. The Morgan fingerprint density at radius 3 is 2.85 bits per heavy atom. The Balaban J connectivity index is 1.39. The maximum atomic E-state index is 11.2. The molecule has 2 aliphatic heterocycles. The molecule has 1 aromatic carbocycles. The Bertz CT molecular complexity index is 828. The lowest BCUT2D eigenvalue weighted by molar-refractivity contribution is -0.385. The van der Waals surface area contributed by atoms with Gasteiger partial charge in [0.15, 0.2) is 5.75 Å². The number of nitrogens with one attached hydrogen (secondary N) is 1. The predicted octanol–water partition coefficient (Wildman–Crippen LogP) is 1.68. The molecule has 4 rings (SSSR count). The molecule has 9 heteroatoms. The van der Waals surface area contributed by atoms with Crippen LogP contribution in [0.25, 0.3) is 0 Å². The first-order chi connectivity index (χ1) is 13.2. The predicted molar refractivity (Wildman–Crippen MR) is 98.6 cm³/mol. The van der Waals surface area contributed by atoms with Crippen LogP contribution in [0.2, 0.25) is 0 Å². The van der Waals surface area contributed by atoms with E-state index in [0.717, 1.165) is 62.8 Å². The van der Waals surface area contributed by atoms with E-state index in [2.05, 4.69) is 25.0 Å². The number of rotatable bonds is 5. The number of likely N-dealkylation sites (tertiary alicyclic amines) is 1. The molecule has 1 N–H and O–H groups in total. The molecule has 0 radical (unpaired) electrons. The zero-order valence-electron chi connectivity index (χ0n) is 15.4. The first-order valence-electron chi connectivity index (χ1n) is 9.32. The lowest BCUT2D eigenvalue weighted by atomic mass is 9.95. The largest absolute Gasteiger partial charge is 0.490 e. The highest BCUT2D eigenvalue weighted by atomic mass is 16.6. The molecule has 0 aliphatic carbocycles. The standard InChI is InChI=1S/C18H24N6O3/c1-27-16-3-2-13(10-15(16)24(25)26)12-22-7-4-14(5-8-22)18-21-20-17-11-19-6-9-23(17)18/h2-3,10,14,19H,4-9,11-12H2,1H3. The average molecular weight is 372 g/mol. The fraction of sp³-hybridized carbons (Fsp3) is 0.556. The molecule has 2 aromatic rings. The normalized spacial score (nSPS) is 18.3. The summed E-state index contributed by atoms with van der Waals surface area (Å²) in [6.07, 6.45) is 2.06. The van der Waals surface area contributed by atoms with Gasteiger partial charge in [0.2, 0.25) is 0 Å². The van der Waals surface area contributed by atoms with E-state index >= 15 is 0 Å². The molecule has 0 bridgehead atoms. The number of hydrogen-bond acceptors (Lipinski definition) is 7. The van der Waals surface area contributed by atoms with Gasteiger partial charge in [-0.25, -0.2) is 0 Å². The molecule has 27 heavy (non-hydrogen) atoms. The van der Waals surface area contributed by atoms with E-state index in [0.29, 0.717) is 18.2 Å². The second-order valence-electron chi connectivity index (χ2n) is 7.12. The summed E-state index contributed by atoms with van der Waals surface area (Å²) in [5, 5.41) is 23.3. The molecule has 3 heterocycles. The maximum absolute atomic E-state index is 11.2. The number of methoxy groups -OCH3 is 1. The van der Waals surface area contributed by atoms with Crippen molar-refractivity contribution in [2.45, 2.75) is 38.4 Å². The average Bonchev–Trinajstić information content (AvgIpc) is 3.12. The molecule has 0 spiro atoms. The van der Waals surface area contributed by atoms with Crippen LogP contribution >= 0.6 is 0 Å². The zero-order chi connectivity index (χ0) is 18.8. The van der Waals surface area contributed by atoms with E-state index in [1.54, 1.807) is 12.1 Å². The van der Waals surface area contributed by atoms with Crippen LogP contribution in [0.3, 0.4) is 0 Å². The molecule has 9 nitrogen and oxygen atoms in total. The fourth-order valence-electron chi connectivity index (χ4n) is 4.00. The van der Waals surface area contributed by atoms with Crippen molar-refractivity contribution in [2.75, 3.05) is 26.7 Å². The van der Waals surface area contributed by atoms with Gasteiger partial charge in [0.1, 0.15) is 11.6 Å². The Labute approximate surface area is 157 Å². The molecule has 0 saturated carbocycles. The molecular weight excluding hydrogens is 348 g/mol.